The zero-order valence-electron chi connectivity index (χ0n) is 14.7. The van der Waals surface area contributed by atoms with E-state index in [1.54, 1.807) is 7.05 Å². The lowest BCUT2D eigenvalue weighted by Gasteiger charge is -2.26. The number of likely N-dealkylation sites (N-methyl/N-ethyl adjacent to an activating group) is 1. The van der Waals surface area contributed by atoms with Crippen molar-refractivity contribution in [3.63, 3.8) is 0 Å². The van der Waals surface area contributed by atoms with Crippen molar-refractivity contribution in [3.05, 3.63) is 23.8 Å². The molecule has 26 heavy (non-hydrogen) atoms. The normalized spacial score (nSPS) is 15.1. The van der Waals surface area contributed by atoms with Crippen LogP contribution in [0.15, 0.2) is 23.1 Å². The van der Waals surface area contributed by atoms with Gasteiger partial charge in [0.2, 0.25) is 21.8 Å². The molecule has 0 saturated heterocycles. The van der Waals surface area contributed by atoms with Gasteiger partial charge in [-0.2, -0.15) is 4.31 Å². The van der Waals surface area contributed by atoms with Crippen molar-refractivity contribution in [2.24, 2.45) is 0 Å². The molecule has 9 nitrogen and oxygen atoms in total. The summed E-state index contributed by atoms with van der Waals surface area (Å²) in [7, 11) is -2.52. The first-order valence-electron chi connectivity index (χ1n) is 7.94. The largest absolute Gasteiger partial charge is 0.480 e. The summed E-state index contributed by atoms with van der Waals surface area (Å²) in [5.41, 5.74) is 1.20. The Morgan fingerprint density at radius 3 is 2.62 bits per heavy atom. The fraction of sp³-hybridized carbons (Fsp3) is 0.438. The Balaban J connectivity index is 2.37. The molecule has 0 aliphatic carbocycles. The number of hydrogen-bond donors (Lipinski definition) is 2. The number of carboxylic acids is 1. The van der Waals surface area contributed by atoms with Gasteiger partial charge in [-0.05, 0) is 30.7 Å². The van der Waals surface area contributed by atoms with Crippen LogP contribution in [-0.4, -0.2) is 61.8 Å². The molecular formula is C16H21N3O6S. The summed E-state index contributed by atoms with van der Waals surface area (Å²) < 4.78 is 26.8. The summed E-state index contributed by atoms with van der Waals surface area (Å²) in [6.07, 6.45) is 0.0928. The average Bonchev–Trinajstić information content (AvgIpc) is 2.84. The van der Waals surface area contributed by atoms with E-state index in [1.807, 2.05) is 0 Å². The van der Waals surface area contributed by atoms with Crippen LogP contribution in [0, 0.1) is 0 Å². The maximum Gasteiger partial charge on any atom is 0.321 e. The number of rotatable bonds is 7. The van der Waals surface area contributed by atoms with E-state index in [1.165, 1.54) is 36.9 Å². The van der Waals surface area contributed by atoms with E-state index in [0.29, 0.717) is 11.3 Å². The third-order valence-corrected chi connectivity index (χ3v) is 6.20. The van der Waals surface area contributed by atoms with Crippen molar-refractivity contribution < 1.29 is 27.9 Å². The van der Waals surface area contributed by atoms with E-state index in [4.69, 9.17) is 0 Å². The van der Waals surface area contributed by atoms with Gasteiger partial charge in [-0.15, -0.1) is 0 Å². The van der Waals surface area contributed by atoms with E-state index < -0.39 is 22.0 Å². The first kappa shape index (κ1) is 19.9. The lowest BCUT2D eigenvalue weighted by atomic mass is 10.2. The molecule has 2 amide bonds. The number of fused-ring (bicyclic) bond motifs is 1. The number of anilines is 1. The number of amides is 2. The Morgan fingerprint density at radius 1 is 1.38 bits per heavy atom. The third kappa shape index (κ3) is 3.86. The molecule has 10 heteroatoms. The van der Waals surface area contributed by atoms with Gasteiger partial charge in [0, 0.05) is 32.7 Å². The molecule has 2 rings (SSSR count). The molecule has 0 fully saturated rings. The van der Waals surface area contributed by atoms with Gasteiger partial charge in [0.25, 0.3) is 0 Å². The fourth-order valence-electron chi connectivity index (χ4n) is 2.73. The minimum Gasteiger partial charge on any atom is -0.480 e. The average molecular weight is 383 g/mol. The molecule has 0 aromatic heterocycles. The smallest absolute Gasteiger partial charge is 0.321 e. The molecule has 142 valence electrons. The summed E-state index contributed by atoms with van der Waals surface area (Å²) in [5.74, 6) is -1.78. The van der Waals surface area contributed by atoms with Crippen LogP contribution in [0.5, 0.6) is 0 Å². The van der Waals surface area contributed by atoms with Gasteiger partial charge in [-0.25, -0.2) is 8.42 Å². The van der Waals surface area contributed by atoms with Gasteiger partial charge in [0.15, 0.2) is 0 Å². The molecular weight excluding hydrogens is 362 g/mol. The Morgan fingerprint density at radius 2 is 2.04 bits per heavy atom. The maximum atomic E-state index is 13.0. The first-order valence-corrected chi connectivity index (χ1v) is 9.38. The van der Waals surface area contributed by atoms with Crippen molar-refractivity contribution in [2.45, 2.75) is 31.2 Å². The molecule has 2 N–H and O–H groups in total. The van der Waals surface area contributed by atoms with Gasteiger partial charge in [0.1, 0.15) is 6.04 Å². The van der Waals surface area contributed by atoms with E-state index in [-0.39, 0.29) is 36.2 Å². The predicted molar refractivity (Wildman–Crippen MR) is 93.2 cm³/mol. The zero-order chi connectivity index (χ0) is 19.6. The van der Waals surface area contributed by atoms with Crippen molar-refractivity contribution in [3.8, 4) is 0 Å². The molecule has 0 radical (unpaired) electrons. The van der Waals surface area contributed by atoms with Crippen LogP contribution in [-0.2, 0) is 30.8 Å². The molecule has 1 aromatic carbocycles. The predicted octanol–water partition coefficient (Wildman–Crippen LogP) is -0.195. The maximum absolute atomic E-state index is 13.0. The van der Waals surface area contributed by atoms with Crippen LogP contribution in [0.4, 0.5) is 5.69 Å². The second kappa shape index (κ2) is 7.42. The zero-order valence-corrected chi connectivity index (χ0v) is 15.5. The molecule has 0 bridgehead atoms. The topological polar surface area (TPSA) is 124 Å². The number of carboxylic acid groups (broad SMARTS) is 1. The number of nitrogens with one attached hydrogen (secondary N) is 1. The van der Waals surface area contributed by atoms with Gasteiger partial charge in [0.05, 0.1) is 11.3 Å². The molecule has 1 aromatic rings. The molecule has 1 heterocycles. The Bertz CT molecular complexity index is 852. The Labute approximate surface area is 151 Å². The van der Waals surface area contributed by atoms with Crippen LogP contribution in [0.3, 0.4) is 0 Å². The van der Waals surface area contributed by atoms with Gasteiger partial charge >= 0.3 is 5.97 Å². The third-order valence-electron chi connectivity index (χ3n) is 4.23. The van der Waals surface area contributed by atoms with E-state index >= 15 is 0 Å². The summed E-state index contributed by atoms with van der Waals surface area (Å²) in [6.45, 7) is 2.34. The van der Waals surface area contributed by atoms with Gasteiger partial charge in [-0.3, -0.25) is 14.4 Å². The lowest BCUT2D eigenvalue weighted by molar-refractivity contribution is -0.140. The number of hydrogen-bond acceptors (Lipinski definition) is 5. The van der Waals surface area contributed by atoms with Crippen LogP contribution in [0.25, 0.3) is 0 Å². The quantitative estimate of drug-likeness (QED) is 0.672. The SMILES string of the molecule is CC(=O)NCCN(C(C)C(=O)O)S(=O)(=O)c1ccc2c(c1)CC(=O)N2C. The highest BCUT2D eigenvalue weighted by Gasteiger charge is 2.34. The fourth-order valence-corrected chi connectivity index (χ4v) is 4.37. The van der Waals surface area contributed by atoms with E-state index in [0.717, 1.165) is 4.31 Å². The highest BCUT2D eigenvalue weighted by atomic mass is 32.2. The molecule has 0 spiro atoms. The van der Waals surface area contributed by atoms with Crippen LogP contribution in [0.2, 0.25) is 0 Å². The molecule has 0 saturated carbocycles. The second-order valence-electron chi connectivity index (χ2n) is 6.03. The molecule has 1 aliphatic rings. The van der Waals surface area contributed by atoms with Crippen molar-refractivity contribution in [1.82, 2.24) is 9.62 Å². The number of sulfonamides is 1. The van der Waals surface area contributed by atoms with E-state index in [2.05, 4.69) is 5.32 Å². The van der Waals surface area contributed by atoms with Crippen LogP contribution in [0.1, 0.15) is 19.4 Å². The minimum atomic E-state index is -4.13. The Hall–Kier alpha value is -2.46. The summed E-state index contributed by atoms with van der Waals surface area (Å²) >= 11 is 0. The number of carbonyl (C=O) groups excluding carboxylic acids is 2. The minimum absolute atomic E-state index is 0.0155. The highest BCUT2D eigenvalue weighted by Crippen LogP contribution is 2.31. The Kier molecular flexibility index (Phi) is 5.67. The molecule has 1 atom stereocenters. The number of benzene rings is 1. The van der Waals surface area contributed by atoms with Crippen LogP contribution >= 0.6 is 0 Å². The molecule has 1 unspecified atom stereocenters. The van der Waals surface area contributed by atoms with Crippen molar-refractivity contribution in [1.29, 1.82) is 0 Å². The standard InChI is InChI=1S/C16H21N3O6S/c1-10(16(22)23)19(7-6-17-11(2)20)26(24,25)13-4-5-14-12(8-13)9-15(21)18(14)3/h4-5,8,10H,6-7,9H2,1-3H3,(H,17,20)(H,22,23). The van der Waals surface area contributed by atoms with Crippen LogP contribution < -0.4 is 10.2 Å². The first-order chi connectivity index (χ1) is 12.1. The summed E-state index contributed by atoms with van der Waals surface area (Å²) in [5, 5.41) is 11.7. The van der Waals surface area contributed by atoms with Gasteiger partial charge < -0.3 is 15.3 Å². The van der Waals surface area contributed by atoms with E-state index in [9.17, 15) is 27.9 Å². The number of carbonyl (C=O) groups is 3. The monoisotopic (exact) mass is 383 g/mol. The summed E-state index contributed by atoms with van der Waals surface area (Å²) in [4.78, 5) is 35.5. The molecule has 1 aliphatic heterocycles. The van der Waals surface area contributed by atoms with Crippen molar-refractivity contribution in [2.75, 3.05) is 25.0 Å². The summed E-state index contributed by atoms with van der Waals surface area (Å²) in [6, 6.07) is 2.96. The second-order valence-corrected chi connectivity index (χ2v) is 7.92. The highest BCUT2D eigenvalue weighted by molar-refractivity contribution is 7.89. The van der Waals surface area contributed by atoms with Crippen molar-refractivity contribution >= 4 is 33.5 Å². The number of aliphatic carboxylic acids is 1. The lowest BCUT2D eigenvalue weighted by Crippen LogP contribution is -2.46. The number of nitrogens with zero attached hydrogens (tertiary/aromatic N) is 2. The van der Waals surface area contributed by atoms with Gasteiger partial charge in [-0.1, -0.05) is 0 Å².